The summed E-state index contributed by atoms with van der Waals surface area (Å²) in [6.45, 7) is 0. The van der Waals surface area contributed by atoms with Crippen molar-refractivity contribution < 1.29 is 0 Å². The Hall–Kier alpha value is -2.23. The molecule has 0 amide bonds. The van der Waals surface area contributed by atoms with Crippen LogP contribution in [-0.4, -0.2) is 19.9 Å². The van der Waals surface area contributed by atoms with Crippen LogP contribution in [0.4, 0.5) is 0 Å². The highest BCUT2D eigenvalue weighted by atomic mass is 15.0. The smallest absolute Gasteiger partial charge is 0.160 e. The number of hydrogen-bond acceptors (Lipinski definition) is 3. The van der Waals surface area contributed by atoms with Gasteiger partial charge in [-0.1, -0.05) is 24.3 Å². The van der Waals surface area contributed by atoms with Crippen LogP contribution in [0.5, 0.6) is 0 Å². The molecule has 0 spiro atoms. The van der Waals surface area contributed by atoms with Gasteiger partial charge in [-0.25, -0.2) is 15.0 Å². The van der Waals surface area contributed by atoms with E-state index in [0.717, 1.165) is 29.8 Å². The number of fused-ring (bicyclic) bond motifs is 2. The summed E-state index contributed by atoms with van der Waals surface area (Å²) in [4.78, 5) is 16.2. The van der Waals surface area contributed by atoms with Gasteiger partial charge in [0.1, 0.15) is 11.3 Å². The predicted molar refractivity (Wildman–Crippen MR) is 68.3 cm³/mol. The van der Waals surface area contributed by atoms with Crippen molar-refractivity contribution in [3.05, 3.63) is 53.7 Å². The van der Waals surface area contributed by atoms with E-state index in [1.807, 2.05) is 0 Å². The van der Waals surface area contributed by atoms with Crippen molar-refractivity contribution in [3.8, 4) is 0 Å². The number of aromatic nitrogens is 4. The molecule has 1 N–H and O–H groups in total. The Morgan fingerprint density at radius 2 is 2.11 bits per heavy atom. The Morgan fingerprint density at radius 1 is 1.17 bits per heavy atom. The Balaban J connectivity index is 1.84. The van der Waals surface area contributed by atoms with Crippen LogP contribution in [-0.2, 0) is 6.42 Å². The van der Waals surface area contributed by atoms with Crippen LogP contribution in [0.1, 0.15) is 29.3 Å². The van der Waals surface area contributed by atoms with Gasteiger partial charge in [0.15, 0.2) is 5.65 Å². The van der Waals surface area contributed by atoms with Gasteiger partial charge in [-0.2, -0.15) is 0 Å². The molecule has 4 rings (SSSR count). The number of benzene rings is 1. The van der Waals surface area contributed by atoms with Gasteiger partial charge >= 0.3 is 0 Å². The van der Waals surface area contributed by atoms with Gasteiger partial charge in [-0.15, -0.1) is 0 Å². The highest BCUT2D eigenvalue weighted by Gasteiger charge is 2.25. The molecule has 4 nitrogen and oxygen atoms in total. The van der Waals surface area contributed by atoms with Crippen molar-refractivity contribution >= 4 is 11.2 Å². The van der Waals surface area contributed by atoms with Crippen molar-refractivity contribution in [1.29, 1.82) is 0 Å². The molecule has 18 heavy (non-hydrogen) atoms. The second-order valence-corrected chi connectivity index (χ2v) is 4.65. The van der Waals surface area contributed by atoms with Gasteiger partial charge in [0.05, 0.1) is 12.5 Å². The third kappa shape index (κ3) is 1.35. The Morgan fingerprint density at radius 3 is 3.11 bits per heavy atom. The maximum Gasteiger partial charge on any atom is 0.160 e. The van der Waals surface area contributed by atoms with Crippen molar-refractivity contribution in [1.82, 2.24) is 19.9 Å². The number of aromatic amines is 1. The minimum absolute atomic E-state index is 0.328. The van der Waals surface area contributed by atoms with Crippen LogP contribution >= 0.6 is 0 Å². The standard InChI is InChI=1S/C14H12N4/c1-2-4-10-9(3-1)5-6-11(10)13-15-7-12-14(18-13)17-8-16-12/h1-4,7-8,11H,5-6H2,(H,15,16,17,18). The average molecular weight is 236 g/mol. The average Bonchev–Trinajstić information content (AvgIpc) is 3.04. The van der Waals surface area contributed by atoms with Gasteiger partial charge in [-0.05, 0) is 24.0 Å². The molecule has 1 aliphatic rings. The predicted octanol–water partition coefficient (Wildman–Crippen LogP) is 2.43. The Kier molecular flexibility index (Phi) is 1.97. The molecule has 88 valence electrons. The number of hydrogen-bond donors (Lipinski definition) is 1. The van der Waals surface area contributed by atoms with E-state index in [1.54, 1.807) is 12.5 Å². The van der Waals surface area contributed by atoms with Crippen molar-refractivity contribution in [2.24, 2.45) is 0 Å². The molecule has 2 aromatic heterocycles. The van der Waals surface area contributed by atoms with E-state index in [1.165, 1.54) is 11.1 Å². The first-order valence-electron chi connectivity index (χ1n) is 6.15. The lowest BCUT2D eigenvalue weighted by atomic mass is 10.0. The fourth-order valence-electron chi connectivity index (χ4n) is 2.75. The zero-order valence-corrected chi connectivity index (χ0v) is 9.80. The minimum atomic E-state index is 0.328. The summed E-state index contributed by atoms with van der Waals surface area (Å²) in [6, 6.07) is 8.57. The van der Waals surface area contributed by atoms with E-state index in [0.29, 0.717) is 5.92 Å². The molecule has 1 unspecified atom stereocenters. The van der Waals surface area contributed by atoms with Crippen LogP contribution in [0.15, 0.2) is 36.8 Å². The fraction of sp³-hybridized carbons (Fsp3) is 0.214. The number of nitrogens with one attached hydrogen (secondary N) is 1. The van der Waals surface area contributed by atoms with Gasteiger partial charge < -0.3 is 4.98 Å². The number of rotatable bonds is 1. The fourth-order valence-corrected chi connectivity index (χ4v) is 2.75. The lowest BCUT2D eigenvalue weighted by Crippen LogP contribution is -2.02. The molecule has 2 heterocycles. The summed E-state index contributed by atoms with van der Waals surface area (Å²) in [5.41, 5.74) is 4.45. The number of imidazole rings is 1. The van der Waals surface area contributed by atoms with Crippen LogP contribution < -0.4 is 0 Å². The lowest BCUT2D eigenvalue weighted by molar-refractivity contribution is 0.733. The number of H-pyrrole nitrogens is 1. The zero-order valence-electron chi connectivity index (χ0n) is 9.80. The lowest BCUT2D eigenvalue weighted by Gasteiger charge is -2.09. The van der Waals surface area contributed by atoms with E-state index in [2.05, 4.69) is 44.2 Å². The maximum absolute atomic E-state index is 4.59. The minimum Gasteiger partial charge on any atom is -0.329 e. The summed E-state index contributed by atoms with van der Waals surface area (Å²) in [5, 5.41) is 0. The third-order valence-electron chi connectivity index (χ3n) is 3.64. The molecule has 0 bridgehead atoms. The van der Waals surface area contributed by atoms with Gasteiger partial charge in [0.2, 0.25) is 0 Å². The normalized spacial score (nSPS) is 18.1. The largest absolute Gasteiger partial charge is 0.329 e. The summed E-state index contributed by atoms with van der Waals surface area (Å²) in [6.07, 6.45) is 5.67. The highest BCUT2D eigenvalue weighted by Crippen LogP contribution is 2.36. The molecule has 1 aliphatic carbocycles. The first-order chi connectivity index (χ1) is 8.92. The summed E-state index contributed by atoms with van der Waals surface area (Å²) in [5.74, 6) is 1.23. The second-order valence-electron chi connectivity index (χ2n) is 4.65. The second kappa shape index (κ2) is 3.63. The molecular formula is C14H12N4. The van der Waals surface area contributed by atoms with Crippen molar-refractivity contribution in [2.75, 3.05) is 0 Å². The molecule has 4 heteroatoms. The monoisotopic (exact) mass is 236 g/mol. The first kappa shape index (κ1) is 9.76. The van der Waals surface area contributed by atoms with Crippen molar-refractivity contribution in [2.45, 2.75) is 18.8 Å². The molecule has 1 atom stereocenters. The molecule has 1 aromatic carbocycles. The molecule has 0 aliphatic heterocycles. The van der Waals surface area contributed by atoms with Gasteiger partial charge in [0, 0.05) is 5.92 Å². The quantitative estimate of drug-likeness (QED) is 0.706. The zero-order chi connectivity index (χ0) is 11.9. The van der Waals surface area contributed by atoms with Crippen molar-refractivity contribution in [3.63, 3.8) is 0 Å². The maximum atomic E-state index is 4.59. The summed E-state index contributed by atoms with van der Waals surface area (Å²) in [7, 11) is 0. The van der Waals surface area contributed by atoms with E-state index in [4.69, 9.17) is 0 Å². The molecule has 3 aromatic rings. The molecule has 0 radical (unpaired) electrons. The van der Waals surface area contributed by atoms with Crippen LogP contribution in [0.2, 0.25) is 0 Å². The van der Waals surface area contributed by atoms with Crippen LogP contribution in [0, 0.1) is 0 Å². The van der Waals surface area contributed by atoms with E-state index >= 15 is 0 Å². The highest BCUT2D eigenvalue weighted by molar-refractivity contribution is 5.68. The van der Waals surface area contributed by atoms with Crippen LogP contribution in [0.3, 0.4) is 0 Å². The number of aryl methyl sites for hydroxylation is 1. The third-order valence-corrected chi connectivity index (χ3v) is 3.64. The van der Waals surface area contributed by atoms with Gasteiger partial charge in [0.25, 0.3) is 0 Å². The van der Waals surface area contributed by atoms with Gasteiger partial charge in [-0.3, -0.25) is 0 Å². The molecule has 0 fully saturated rings. The number of nitrogens with zero attached hydrogens (tertiary/aromatic N) is 3. The van der Waals surface area contributed by atoms with Crippen LogP contribution in [0.25, 0.3) is 11.2 Å². The molecule has 0 saturated carbocycles. The molecular weight excluding hydrogens is 224 g/mol. The summed E-state index contributed by atoms with van der Waals surface area (Å²) < 4.78 is 0. The first-order valence-corrected chi connectivity index (χ1v) is 6.15. The summed E-state index contributed by atoms with van der Waals surface area (Å²) >= 11 is 0. The Bertz CT molecular complexity index is 716. The SMILES string of the molecule is c1ccc2c(c1)CCC2c1ncc2nc[nH]c2n1. The van der Waals surface area contributed by atoms with E-state index in [9.17, 15) is 0 Å². The topological polar surface area (TPSA) is 54.5 Å². The Labute approximate surface area is 104 Å². The van der Waals surface area contributed by atoms with E-state index < -0.39 is 0 Å². The molecule has 0 saturated heterocycles. The van der Waals surface area contributed by atoms with E-state index in [-0.39, 0.29) is 0 Å².